The van der Waals surface area contributed by atoms with Crippen LogP contribution in [-0.4, -0.2) is 31.6 Å². The second kappa shape index (κ2) is 10.1. The molecule has 2 aromatic carbocycles. The summed E-state index contributed by atoms with van der Waals surface area (Å²) in [6.07, 6.45) is 1.77. The molecule has 0 aliphatic carbocycles. The van der Waals surface area contributed by atoms with Gasteiger partial charge < -0.3 is 25.2 Å². The van der Waals surface area contributed by atoms with Gasteiger partial charge in [-0.3, -0.25) is 9.78 Å². The van der Waals surface area contributed by atoms with Crippen LogP contribution in [0.5, 0.6) is 0 Å². The maximum atomic E-state index is 11.6. The van der Waals surface area contributed by atoms with E-state index in [2.05, 4.69) is 31.2 Å². The number of aromatic nitrogens is 2. The van der Waals surface area contributed by atoms with Crippen LogP contribution in [0.4, 0.5) is 11.4 Å². The monoisotopic (exact) mass is 525 g/mol. The highest BCUT2D eigenvalue weighted by molar-refractivity contribution is 7.80. The van der Waals surface area contributed by atoms with Crippen LogP contribution >= 0.6 is 12.2 Å². The van der Waals surface area contributed by atoms with Crippen LogP contribution in [0, 0.1) is 13.8 Å². The van der Waals surface area contributed by atoms with Gasteiger partial charge in [-0.25, -0.2) is 4.79 Å². The minimum absolute atomic E-state index is 0.136. The first-order chi connectivity index (χ1) is 18.2. The Morgan fingerprint density at radius 3 is 2.42 bits per heavy atom. The molecule has 38 heavy (non-hydrogen) atoms. The molecule has 8 nitrogen and oxygen atoms in total. The van der Waals surface area contributed by atoms with Crippen LogP contribution < -0.4 is 15.5 Å². The number of hydrogen-bond donors (Lipinski definition) is 3. The molecule has 5 rings (SSSR count). The zero-order valence-corrected chi connectivity index (χ0v) is 22.0. The van der Waals surface area contributed by atoms with Crippen molar-refractivity contribution >= 4 is 40.6 Å². The Morgan fingerprint density at radius 1 is 1.00 bits per heavy atom. The van der Waals surface area contributed by atoms with E-state index in [-0.39, 0.29) is 23.6 Å². The molecule has 1 saturated heterocycles. The molecular formula is C29H27N5O3S. The molecule has 192 valence electrons. The van der Waals surface area contributed by atoms with E-state index >= 15 is 0 Å². The lowest BCUT2D eigenvalue weighted by Crippen LogP contribution is -2.29. The lowest BCUT2D eigenvalue weighted by Gasteiger charge is -2.28. The lowest BCUT2D eigenvalue weighted by molar-refractivity contribution is -0.114. The summed E-state index contributed by atoms with van der Waals surface area (Å²) in [5, 5.41) is 16.4. The molecule has 0 radical (unpaired) electrons. The van der Waals surface area contributed by atoms with Crippen LogP contribution in [-0.2, 0) is 4.79 Å². The maximum absolute atomic E-state index is 11.6. The molecule has 1 fully saturated rings. The molecule has 3 N–H and O–H groups in total. The summed E-state index contributed by atoms with van der Waals surface area (Å²) < 4.78 is 2.07. The van der Waals surface area contributed by atoms with Crippen molar-refractivity contribution in [3.8, 4) is 5.69 Å². The van der Waals surface area contributed by atoms with Gasteiger partial charge in [0.2, 0.25) is 5.91 Å². The maximum Gasteiger partial charge on any atom is 0.335 e. The fourth-order valence-corrected chi connectivity index (χ4v) is 5.47. The minimum atomic E-state index is -0.969. The number of carboxylic acids is 1. The predicted molar refractivity (Wildman–Crippen MR) is 151 cm³/mol. The number of aromatic carboxylic acids is 1. The number of amides is 1. The van der Waals surface area contributed by atoms with Gasteiger partial charge in [-0.1, -0.05) is 12.1 Å². The molecule has 9 heteroatoms. The number of benzene rings is 2. The highest BCUT2D eigenvalue weighted by Crippen LogP contribution is 2.44. The second-order valence-electron chi connectivity index (χ2n) is 9.24. The van der Waals surface area contributed by atoms with Crippen molar-refractivity contribution in [2.45, 2.75) is 32.9 Å². The van der Waals surface area contributed by atoms with E-state index in [0.29, 0.717) is 10.8 Å². The number of thiocarbonyl (C=S) groups is 1. The third kappa shape index (κ3) is 4.64. The number of rotatable bonds is 6. The van der Waals surface area contributed by atoms with Crippen molar-refractivity contribution in [2.24, 2.45) is 0 Å². The van der Waals surface area contributed by atoms with Gasteiger partial charge in [0.1, 0.15) is 0 Å². The first kappa shape index (κ1) is 25.2. The Balaban J connectivity index is 1.63. The number of carbonyl (C=O) groups excluding carboxylic acids is 1. The molecule has 3 heterocycles. The molecule has 1 amide bonds. The Morgan fingerprint density at radius 2 is 1.76 bits per heavy atom. The van der Waals surface area contributed by atoms with Crippen molar-refractivity contribution in [3.63, 3.8) is 0 Å². The van der Waals surface area contributed by atoms with Gasteiger partial charge in [0, 0.05) is 41.6 Å². The van der Waals surface area contributed by atoms with Gasteiger partial charge in [0.05, 0.1) is 23.3 Å². The van der Waals surface area contributed by atoms with E-state index in [1.807, 2.05) is 62.4 Å². The quantitative estimate of drug-likeness (QED) is 0.293. The summed E-state index contributed by atoms with van der Waals surface area (Å²) in [5.74, 6) is -1.10. The van der Waals surface area contributed by atoms with Crippen molar-refractivity contribution in [3.05, 3.63) is 107 Å². The summed E-state index contributed by atoms with van der Waals surface area (Å²) in [5.41, 5.74) is 6.42. The Bertz CT molecular complexity index is 1530. The van der Waals surface area contributed by atoms with Crippen molar-refractivity contribution in [1.82, 2.24) is 14.9 Å². The van der Waals surface area contributed by atoms with Crippen LogP contribution in [0.15, 0.2) is 79.0 Å². The number of nitrogens with one attached hydrogen (secondary N) is 2. The summed E-state index contributed by atoms with van der Waals surface area (Å²) >= 11 is 5.85. The Labute approximate surface area is 225 Å². The van der Waals surface area contributed by atoms with Gasteiger partial charge >= 0.3 is 5.97 Å². The van der Waals surface area contributed by atoms with Gasteiger partial charge in [-0.15, -0.1) is 0 Å². The van der Waals surface area contributed by atoms with E-state index < -0.39 is 5.97 Å². The molecule has 2 aromatic heterocycles. The molecule has 2 atom stereocenters. The standard InChI is InChI=1S/C29H27N5O3S/c1-17-15-24(18(2)33(17)23-8-6-7-20(16-23)28(36)37)27-26(25-9-4-5-14-30-25)32-29(38)34(27)22-12-10-21(11-13-22)31-19(3)35/h4-16,26-27H,1-3H3,(H,31,35)(H,32,38)(H,36,37)/t26-,27+/m0/s1. The number of nitrogens with zero attached hydrogens (tertiary/aromatic N) is 3. The van der Waals surface area contributed by atoms with E-state index in [1.54, 1.807) is 24.4 Å². The number of hydrogen-bond acceptors (Lipinski definition) is 4. The minimum Gasteiger partial charge on any atom is -0.478 e. The number of carbonyl (C=O) groups is 2. The van der Waals surface area contributed by atoms with Crippen molar-refractivity contribution < 1.29 is 14.7 Å². The number of aryl methyl sites for hydroxylation is 1. The van der Waals surface area contributed by atoms with Crippen LogP contribution in [0.2, 0.25) is 0 Å². The van der Waals surface area contributed by atoms with Crippen LogP contribution in [0.3, 0.4) is 0 Å². The van der Waals surface area contributed by atoms with Crippen molar-refractivity contribution in [2.75, 3.05) is 10.2 Å². The van der Waals surface area contributed by atoms with Crippen molar-refractivity contribution in [1.29, 1.82) is 0 Å². The van der Waals surface area contributed by atoms with E-state index in [1.165, 1.54) is 6.92 Å². The molecule has 0 unspecified atom stereocenters. The summed E-state index contributed by atoms with van der Waals surface area (Å²) in [7, 11) is 0. The molecule has 0 saturated carbocycles. The van der Waals surface area contributed by atoms with Gasteiger partial charge in [0.25, 0.3) is 0 Å². The van der Waals surface area contributed by atoms with Crippen LogP contribution in [0.1, 0.15) is 52.0 Å². The lowest BCUT2D eigenvalue weighted by atomic mass is 9.96. The number of anilines is 2. The predicted octanol–water partition coefficient (Wildman–Crippen LogP) is 5.32. The van der Waals surface area contributed by atoms with Gasteiger partial charge in [-0.05, 0) is 92.3 Å². The highest BCUT2D eigenvalue weighted by atomic mass is 32.1. The topological polar surface area (TPSA) is 99.5 Å². The smallest absolute Gasteiger partial charge is 0.335 e. The molecule has 4 aromatic rings. The summed E-state index contributed by atoms with van der Waals surface area (Å²) in [4.78, 5) is 29.8. The highest BCUT2D eigenvalue weighted by Gasteiger charge is 2.42. The summed E-state index contributed by atoms with van der Waals surface area (Å²) in [6, 6.07) is 22.0. The summed E-state index contributed by atoms with van der Waals surface area (Å²) in [6.45, 7) is 5.51. The van der Waals surface area contributed by atoms with E-state index in [0.717, 1.165) is 34.0 Å². The molecular weight excluding hydrogens is 498 g/mol. The Kier molecular flexibility index (Phi) is 6.69. The average Bonchev–Trinajstić information content (AvgIpc) is 3.39. The zero-order valence-electron chi connectivity index (χ0n) is 21.2. The fraction of sp³-hybridized carbons (Fsp3) is 0.172. The fourth-order valence-electron chi connectivity index (χ4n) is 5.12. The first-order valence-electron chi connectivity index (χ1n) is 12.2. The molecule has 0 bridgehead atoms. The molecule has 1 aliphatic rings. The Hall–Kier alpha value is -4.50. The third-order valence-electron chi connectivity index (χ3n) is 6.70. The van der Waals surface area contributed by atoms with Crippen LogP contribution in [0.25, 0.3) is 5.69 Å². The zero-order chi connectivity index (χ0) is 27.0. The largest absolute Gasteiger partial charge is 0.478 e. The first-order valence-corrected chi connectivity index (χ1v) is 12.6. The second-order valence-corrected chi connectivity index (χ2v) is 9.63. The van der Waals surface area contributed by atoms with E-state index in [9.17, 15) is 14.7 Å². The number of pyridine rings is 1. The van der Waals surface area contributed by atoms with E-state index in [4.69, 9.17) is 12.2 Å². The third-order valence-corrected chi connectivity index (χ3v) is 7.02. The average molecular weight is 526 g/mol. The molecule has 1 aliphatic heterocycles. The number of carboxylic acid groups (broad SMARTS) is 1. The van der Waals surface area contributed by atoms with Gasteiger partial charge in [0.15, 0.2) is 5.11 Å². The molecule has 0 spiro atoms. The normalized spacial score (nSPS) is 16.8. The SMILES string of the molecule is CC(=O)Nc1ccc(N2C(=S)N[C@@H](c3ccccn3)[C@H]2c2cc(C)n(-c3cccc(C(=O)O)c3)c2C)cc1. The van der Waals surface area contributed by atoms with Gasteiger partial charge in [-0.2, -0.15) is 0 Å².